The first kappa shape index (κ1) is 23.2. The normalized spacial score (nSPS) is 13.8. The highest BCUT2D eigenvalue weighted by Crippen LogP contribution is 2.17. The van der Waals surface area contributed by atoms with E-state index in [1.807, 2.05) is 30.3 Å². The summed E-state index contributed by atoms with van der Waals surface area (Å²) in [6.07, 6.45) is 5.59. The molecule has 1 aromatic carbocycles. The van der Waals surface area contributed by atoms with Gasteiger partial charge in [-0.05, 0) is 18.4 Å². The summed E-state index contributed by atoms with van der Waals surface area (Å²) < 4.78 is 34.2. The second-order valence-electron chi connectivity index (χ2n) is 5.30. The molecule has 0 unspecified atom stereocenters. The predicted octanol–water partition coefficient (Wildman–Crippen LogP) is 3.36. The van der Waals surface area contributed by atoms with Crippen LogP contribution in [0.3, 0.4) is 0 Å². The second-order valence-corrected chi connectivity index (χ2v) is 5.30. The fourth-order valence-corrected chi connectivity index (χ4v) is 2.18. The molecule has 5 nitrogen and oxygen atoms in total. The van der Waals surface area contributed by atoms with Gasteiger partial charge in [0, 0.05) is 12.6 Å². The second kappa shape index (κ2) is 15.7. The van der Waals surface area contributed by atoms with Crippen LogP contribution < -0.4 is 11.1 Å². The number of hydrogen-bond acceptors (Lipinski definition) is 4. The van der Waals surface area contributed by atoms with Gasteiger partial charge in [-0.15, -0.1) is 0 Å². The Kier molecular flexibility index (Phi) is 14.6. The number of rotatable bonds is 4. The van der Waals surface area contributed by atoms with Crippen molar-refractivity contribution < 1.29 is 27.8 Å². The van der Waals surface area contributed by atoms with E-state index in [2.05, 4.69) is 5.32 Å². The average Bonchev–Trinajstić information content (AvgIpc) is 2.61. The van der Waals surface area contributed by atoms with Gasteiger partial charge < -0.3 is 20.9 Å². The van der Waals surface area contributed by atoms with Gasteiger partial charge >= 0.3 is 12.8 Å². The number of nitrogens with one attached hydrogen (secondary N) is 1. The third kappa shape index (κ3) is 15.5. The van der Waals surface area contributed by atoms with Crippen LogP contribution in [-0.2, 0) is 11.3 Å². The number of alkyl carbamates (subject to hydrolysis) is 1. The minimum atomic E-state index is -3.67. The number of aliphatic hydroxyl groups excluding tert-OH is 1. The van der Waals surface area contributed by atoms with Gasteiger partial charge in [0.05, 0.1) is 6.61 Å². The first-order valence-corrected chi connectivity index (χ1v) is 8.20. The summed E-state index contributed by atoms with van der Waals surface area (Å²) in [6.45, 7) is -2.85. The summed E-state index contributed by atoms with van der Waals surface area (Å²) >= 11 is 0. The van der Waals surface area contributed by atoms with Gasteiger partial charge in [-0.1, -0.05) is 49.6 Å². The van der Waals surface area contributed by atoms with Crippen molar-refractivity contribution in [2.75, 3.05) is 13.2 Å². The Bertz CT molecular complexity index is 426. The summed E-state index contributed by atoms with van der Waals surface area (Å²) in [5.74, 6) is 0. The SMILES string of the molecule is FC(F)F.NCCO.O=C(NC1CCCCC1)OCc1ccccc1. The van der Waals surface area contributed by atoms with Crippen molar-refractivity contribution in [3.05, 3.63) is 35.9 Å². The number of nitrogens with two attached hydrogens (primary N) is 1. The van der Waals surface area contributed by atoms with Gasteiger partial charge in [0.25, 0.3) is 0 Å². The Morgan fingerprint density at radius 2 is 1.72 bits per heavy atom. The van der Waals surface area contributed by atoms with E-state index in [4.69, 9.17) is 15.6 Å². The van der Waals surface area contributed by atoms with E-state index < -0.39 is 6.68 Å². The topological polar surface area (TPSA) is 84.6 Å². The van der Waals surface area contributed by atoms with E-state index in [9.17, 15) is 18.0 Å². The van der Waals surface area contributed by atoms with Gasteiger partial charge in [0.2, 0.25) is 0 Å². The first-order chi connectivity index (χ1) is 12.0. The number of ether oxygens (including phenoxy) is 1. The van der Waals surface area contributed by atoms with Gasteiger partial charge in [-0.3, -0.25) is 0 Å². The van der Waals surface area contributed by atoms with Crippen LogP contribution in [0.4, 0.5) is 18.0 Å². The summed E-state index contributed by atoms with van der Waals surface area (Å²) in [5.41, 5.74) is 5.80. The van der Waals surface area contributed by atoms with Crippen molar-refractivity contribution in [3.63, 3.8) is 0 Å². The summed E-state index contributed by atoms with van der Waals surface area (Å²) in [7, 11) is 0. The molecule has 0 spiro atoms. The van der Waals surface area contributed by atoms with Crippen molar-refractivity contribution in [2.24, 2.45) is 5.73 Å². The summed E-state index contributed by atoms with van der Waals surface area (Å²) in [4.78, 5) is 11.6. The van der Waals surface area contributed by atoms with E-state index in [1.165, 1.54) is 19.3 Å². The Hall–Kier alpha value is -1.80. The number of hydrogen-bond donors (Lipinski definition) is 3. The highest BCUT2D eigenvalue weighted by molar-refractivity contribution is 5.67. The van der Waals surface area contributed by atoms with Crippen molar-refractivity contribution >= 4 is 6.09 Å². The predicted molar refractivity (Wildman–Crippen MR) is 89.9 cm³/mol. The van der Waals surface area contributed by atoms with Crippen LogP contribution in [0, 0.1) is 0 Å². The van der Waals surface area contributed by atoms with Crippen LogP contribution in [0.2, 0.25) is 0 Å². The molecule has 2 rings (SSSR count). The van der Waals surface area contributed by atoms with Crippen molar-refractivity contribution in [1.29, 1.82) is 0 Å². The van der Waals surface area contributed by atoms with E-state index >= 15 is 0 Å². The number of halogens is 3. The highest BCUT2D eigenvalue weighted by Gasteiger charge is 2.16. The number of amides is 1. The summed E-state index contributed by atoms with van der Waals surface area (Å²) in [6, 6.07) is 10.1. The Morgan fingerprint density at radius 1 is 1.20 bits per heavy atom. The number of alkyl halides is 3. The van der Waals surface area contributed by atoms with Gasteiger partial charge in [-0.25, -0.2) is 4.79 Å². The van der Waals surface area contributed by atoms with Crippen LogP contribution in [0.25, 0.3) is 0 Å². The van der Waals surface area contributed by atoms with Gasteiger partial charge in [0.1, 0.15) is 6.61 Å². The minimum absolute atomic E-state index is 0.0972. The lowest BCUT2D eigenvalue weighted by molar-refractivity contribution is 0.00818. The number of carbonyl (C=O) groups is 1. The molecule has 0 bridgehead atoms. The van der Waals surface area contributed by atoms with Gasteiger partial charge in [0.15, 0.2) is 0 Å². The molecule has 25 heavy (non-hydrogen) atoms. The molecule has 0 atom stereocenters. The molecule has 1 aromatic rings. The number of benzene rings is 1. The Balaban J connectivity index is 0.000000609. The van der Waals surface area contributed by atoms with Gasteiger partial charge in [-0.2, -0.15) is 13.2 Å². The third-order valence-electron chi connectivity index (χ3n) is 3.27. The Labute approximate surface area is 146 Å². The Morgan fingerprint density at radius 3 is 2.20 bits per heavy atom. The molecular weight excluding hydrogens is 337 g/mol. The highest BCUT2D eigenvalue weighted by atomic mass is 19.4. The quantitative estimate of drug-likeness (QED) is 0.765. The molecule has 0 heterocycles. The zero-order valence-corrected chi connectivity index (χ0v) is 14.2. The van der Waals surface area contributed by atoms with Crippen LogP contribution in [-0.4, -0.2) is 37.1 Å². The maximum atomic E-state index is 11.6. The van der Waals surface area contributed by atoms with Crippen LogP contribution in [0.1, 0.15) is 37.7 Å². The molecular formula is C17H27F3N2O3. The van der Waals surface area contributed by atoms with Crippen molar-refractivity contribution in [3.8, 4) is 0 Å². The lowest BCUT2D eigenvalue weighted by atomic mass is 9.96. The van der Waals surface area contributed by atoms with E-state index in [0.29, 0.717) is 19.2 Å². The van der Waals surface area contributed by atoms with E-state index in [-0.39, 0.29) is 12.7 Å². The van der Waals surface area contributed by atoms with Crippen LogP contribution in [0.15, 0.2) is 30.3 Å². The maximum absolute atomic E-state index is 11.6. The smallest absolute Gasteiger partial charge is 0.407 e. The lowest BCUT2D eigenvalue weighted by Crippen LogP contribution is -2.36. The molecule has 144 valence electrons. The standard InChI is InChI=1S/C14H19NO2.C2H7NO.CHF3/c16-14(15-13-9-5-2-6-10-13)17-11-12-7-3-1-4-8-12;3-1-2-4;2-1(3)4/h1,3-4,7-8,13H,2,5-6,9-11H2,(H,15,16);4H,1-3H2;1H. The molecule has 0 aliphatic heterocycles. The molecule has 0 radical (unpaired) electrons. The molecule has 0 aromatic heterocycles. The van der Waals surface area contributed by atoms with Crippen LogP contribution in [0.5, 0.6) is 0 Å². The van der Waals surface area contributed by atoms with E-state index in [1.54, 1.807) is 0 Å². The monoisotopic (exact) mass is 364 g/mol. The number of carbonyl (C=O) groups excluding carboxylic acids is 1. The maximum Gasteiger partial charge on any atom is 0.407 e. The fourth-order valence-electron chi connectivity index (χ4n) is 2.18. The molecule has 1 saturated carbocycles. The third-order valence-corrected chi connectivity index (χ3v) is 3.27. The molecule has 4 N–H and O–H groups in total. The average molecular weight is 364 g/mol. The fraction of sp³-hybridized carbons (Fsp3) is 0.588. The molecule has 1 amide bonds. The lowest BCUT2D eigenvalue weighted by Gasteiger charge is -2.22. The first-order valence-electron chi connectivity index (χ1n) is 8.20. The zero-order chi connectivity index (χ0) is 18.9. The molecule has 1 fully saturated rings. The largest absolute Gasteiger partial charge is 0.445 e. The molecule has 8 heteroatoms. The molecule has 1 aliphatic carbocycles. The molecule has 0 saturated heterocycles. The molecule has 1 aliphatic rings. The summed E-state index contributed by atoms with van der Waals surface area (Å²) in [5, 5.41) is 10.7. The minimum Gasteiger partial charge on any atom is -0.445 e. The zero-order valence-electron chi connectivity index (χ0n) is 14.2. The van der Waals surface area contributed by atoms with Crippen molar-refractivity contribution in [2.45, 2.75) is 51.4 Å². The van der Waals surface area contributed by atoms with E-state index in [0.717, 1.165) is 18.4 Å². The number of aliphatic hydroxyl groups is 1. The van der Waals surface area contributed by atoms with Crippen molar-refractivity contribution in [1.82, 2.24) is 5.32 Å². The van der Waals surface area contributed by atoms with Crippen LogP contribution >= 0.6 is 0 Å².